The number of nitrogens with two attached hydrogens (primary N) is 1. The maximum atomic E-state index is 14.2. The number of hydrogen-bond donors (Lipinski definition) is 2. The lowest BCUT2D eigenvalue weighted by Gasteiger charge is -2.11. The van der Waals surface area contributed by atoms with Crippen LogP contribution in [0.2, 0.25) is 5.28 Å². The molecule has 3 aromatic rings. The fourth-order valence-electron chi connectivity index (χ4n) is 3.04. The highest BCUT2D eigenvalue weighted by Gasteiger charge is 2.15. The molecule has 1 amide bonds. The highest BCUT2D eigenvalue weighted by atomic mass is 35.5. The molecule has 0 saturated carbocycles. The number of anilines is 2. The quantitative estimate of drug-likeness (QED) is 0.194. The first-order valence-electron chi connectivity index (χ1n) is 10.2. The molecular formula is C23H21ClF2N4O4. The van der Waals surface area contributed by atoms with E-state index < -0.39 is 23.5 Å². The van der Waals surface area contributed by atoms with E-state index in [2.05, 4.69) is 15.3 Å². The van der Waals surface area contributed by atoms with E-state index in [-0.39, 0.29) is 46.6 Å². The summed E-state index contributed by atoms with van der Waals surface area (Å²) in [5, 5.41) is 2.31. The predicted octanol–water partition coefficient (Wildman–Crippen LogP) is 4.63. The summed E-state index contributed by atoms with van der Waals surface area (Å²) in [6.45, 7) is 0.221. The van der Waals surface area contributed by atoms with Gasteiger partial charge in [-0.15, -0.1) is 0 Å². The number of amides is 1. The molecular weight excluding hydrogens is 470 g/mol. The van der Waals surface area contributed by atoms with Crippen LogP contribution in [0, 0.1) is 11.6 Å². The molecule has 1 heterocycles. The van der Waals surface area contributed by atoms with E-state index in [9.17, 15) is 18.4 Å². The van der Waals surface area contributed by atoms with Crippen LogP contribution in [-0.4, -0.2) is 35.6 Å². The minimum Gasteiger partial charge on any atom is -0.493 e. The van der Waals surface area contributed by atoms with E-state index in [1.807, 2.05) is 0 Å². The van der Waals surface area contributed by atoms with Gasteiger partial charge in [-0.25, -0.2) is 23.5 Å². The van der Waals surface area contributed by atoms with Crippen LogP contribution >= 0.6 is 11.6 Å². The average molecular weight is 491 g/mol. The summed E-state index contributed by atoms with van der Waals surface area (Å²) in [5.74, 6) is -2.12. The van der Waals surface area contributed by atoms with E-state index in [0.717, 1.165) is 12.3 Å². The molecule has 3 N–H and O–H groups in total. The number of carbonyl (C=O) groups is 2. The van der Waals surface area contributed by atoms with E-state index >= 15 is 0 Å². The monoisotopic (exact) mass is 490 g/mol. The van der Waals surface area contributed by atoms with Crippen LogP contribution in [0.3, 0.4) is 0 Å². The first-order valence-corrected chi connectivity index (χ1v) is 10.5. The van der Waals surface area contributed by atoms with Crippen molar-refractivity contribution in [1.82, 2.24) is 9.97 Å². The van der Waals surface area contributed by atoms with Crippen LogP contribution in [-0.2, 0) is 9.53 Å². The zero-order valence-electron chi connectivity index (χ0n) is 18.1. The van der Waals surface area contributed by atoms with Crippen LogP contribution in [0.15, 0.2) is 42.6 Å². The van der Waals surface area contributed by atoms with Crippen molar-refractivity contribution in [3.8, 4) is 17.0 Å². The number of hydrogen-bond acceptors (Lipinski definition) is 7. The molecule has 0 saturated heterocycles. The molecule has 0 aliphatic heterocycles. The Morgan fingerprint density at radius 2 is 1.91 bits per heavy atom. The van der Waals surface area contributed by atoms with Crippen LogP contribution in [0.4, 0.5) is 20.2 Å². The summed E-state index contributed by atoms with van der Waals surface area (Å²) in [6, 6.07) is 8.27. The van der Waals surface area contributed by atoms with Gasteiger partial charge in [0, 0.05) is 23.7 Å². The van der Waals surface area contributed by atoms with Gasteiger partial charge in [0.1, 0.15) is 22.8 Å². The van der Waals surface area contributed by atoms with Crippen LogP contribution in [0.25, 0.3) is 11.3 Å². The van der Waals surface area contributed by atoms with Crippen molar-refractivity contribution < 1.29 is 27.8 Å². The van der Waals surface area contributed by atoms with Crippen LogP contribution in [0.5, 0.6) is 5.75 Å². The van der Waals surface area contributed by atoms with E-state index in [1.54, 1.807) is 6.07 Å². The second kappa shape index (κ2) is 11.4. The molecule has 0 radical (unpaired) electrons. The van der Waals surface area contributed by atoms with Gasteiger partial charge in [-0.2, -0.15) is 0 Å². The molecule has 0 unspecified atom stereocenters. The van der Waals surface area contributed by atoms with Gasteiger partial charge in [-0.3, -0.25) is 4.79 Å². The molecule has 0 spiro atoms. The Kier molecular flexibility index (Phi) is 8.31. The second-order valence-electron chi connectivity index (χ2n) is 7.13. The second-order valence-corrected chi connectivity index (χ2v) is 7.47. The number of unbranched alkanes of at least 4 members (excludes halogenated alkanes) is 1. The summed E-state index contributed by atoms with van der Waals surface area (Å²) < 4.78 is 38.5. The molecule has 34 heavy (non-hydrogen) atoms. The molecule has 3 rings (SSSR count). The lowest BCUT2D eigenvalue weighted by atomic mass is 10.1. The Hall–Kier alpha value is -3.79. The minimum atomic E-state index is -0.733. The summed E-state index contributed by atoms with van der Waals surface area (Å²) >= 11 is 5.71. The lowest BCUT2D eigenvalue weighted by molar-refractivity contribution is -0.116. The maximum absolute atomic E-state index is 14.2. The number of nitrogen functional groups attached to an aromatic ring is 1. The fraction of sp³-hybridized carbons (Fsp3) is 0.217. The van der Waals surface area contributed by atoms with Crippen LogP contribution in [0.1, 0.15) is 29.6 Å². The third kappa shape index (κ3) is 6.38. The largest absolute Gasteiger partial charge is 0.493 e. The molecule has 0 atom stereocenters. The maximum Gasteiger partial charge on any atom is 0.341 e. The third-order valence-electron chi connectivity index (χ3n) is 4.70. The van der Waals surface area contributed by atoms with Crippen molar-refractivity contribution in [2.75, 3.05) is 24.8 Å². The van der Waals surface area contributed by atoms with Gasteiger partial charge in [-0.05, 0) is 54.8 Å². The van der Waals surface area contributed by atoms with Gasteiger partial charge in [0.05, 0.1) is 25.6 Å². The summed E-state index contributed by atoms with van der Waals surface area (Å²) in [7, 11) is 1.26. The van der Waals surface area contributed by atoms with E-state index in [0.29, 0.717) is 18.5 Å². The number of aromatic nitrogens is 2. The zero-order chi connectivity index (χ0) is 24.7. The van der Waals surface area contributed by atoms with Gasteiger partial charge >= 0.3 is 5.97 Å². The molecule has 1 aromatic heterocycles. The SMILES string of the molecule is COC(=O)c1ccc(N)cc1OCCCCC(=O)Nc1cc(-c2nc(Cl)ncc2F)ccc1F. The van der Waals surface area contributed by atoms with Gasteiger partial charge in [0.2, 0.25) is 11.2 Å². The first-order chi connectivity index (χ1) is 16.3. The normalized spacial score (nSPS) is 10.6. The lowest BCUT2D eigenvalue weighted by Crippen LogP contribution is -2.13. The van der Waals surface area contributed by atoms with Crippen LogP contribution < -0.4 is 15.8 Å². The van der Waals surface area contributed by atoms with Gasteiger partial charge < -0.3 is 20.5 Å². The average Bonchev–Trinajstić information content (AvgIpc) is 2.81. The third-order valence-corrected chi connectivity index (χ3v) is 4.88. The number of halogens is 3. The first kappa shape index (κ1) is 24.8. The molecule has 8 nitrogen and oxygen atoms in total. The van der Waals surface area contributed by atoms with Gasteiger partial charge in [-0.1, -0.05) is 0 Å². The number of methoxy groups -OCH3 is 1. The molecule has 2 aromatic carbocycles. The van der Waals surface area contributed by atoms with Crippen molar-refractivity contribution in [1.29, 1.82) is 0 Å². The number of benzene rings is 2. The minimum absolute atomic E-state index is 0.0848. The summed E-state index contributed by atoms with van der Waals surface area (Å²) in [4.78, 5) is 31.4. The van der Waals surface area contributed by atoms with Gasteiger partial charge in [0.15, 0.2) is 5.82 Å². The molecule has 0 aliphatic rings. The van der Waals surface area contributed by atoms with Crippen molar-refractivity contribution in [2.45, 2.75) is 19.3 Å². The fourth-order valence-corrected chi connectivity index (χ4v) is 3.17. The molecule has 0 aliphatic carbocycles. The summed E-state index contributed by atoms with van der Waals surface area (Å²) in [5.41, 5.74) is 6.41. The summed E-state index contributed by atoms with van der Waals surface area (Å²) in [6.07, 6.45) is 1.91. The Labute approximate surface area is 199 Å². The Morgan fingerprint density at radius 1 is 1.12 bits per heavy atom. The van der Waals surface area contributed by atoms with Crippen molar-refractivity contribution in [3.63, 3.8) is 0 Å². The molecule has 0 fully saturated rings. The smallest absolute Gasteiger partial charge is 0.341 e. The highest BCUT2D eigenvalue weighted by molar-refractivity contribution is 6.28. The van der Waals surface area contributed by atoms with Crippen molar-refractivity contribution >= 4 is 34.9 Å². The number of nitrogens with zero attached hydrogens (tertiary/aromatic N) is 2. The van der Waals surface area contributed by atoms with Gasteiger partial charge in [0.25, 0.3) is 0 Å². The number of nitrogens with one attached hydrogen (secondary N) is 1. The molecule has 0 bridgehead atoms. The number of rotatable bonds is 9. The highest BCUT2D eigenvalue weighted by Crippen LogP contribution is 2.27. The molecule has 178 valence electrons. The number of ether oxygens (including phenoxy) is 2. The zero-order valence-corrected chi connectivity index (χ0v) is 18.9. The standard InChI is InChI=1S/C23H21ClF2N4O4/c1-33-22(32)15-7-6-14(27)11-19(15)34-9-3-2-4-20(31)29-18-10-13(5-8-16(18)25)21-17(26)12-28-23(24)30-21/h5-8,10-12H,2-4,9,27H2,1H3,(H,29,31). The topological polar surface area (TPSA) is 116 Å². The van der Waals surface area contributed by atoms with E-state index in [1.165, 1.54) is 31.4 Å². The number of carbonyl (C=O) groups excluding carboxylic acids is 2. The molecule has 11 heteroatoms. The Bertz CT molecular complexity index is 1210. The Balaban J connectivity index is 1.54. The number of esters is 1. The predicted molar refractivity (Wildman–Crippen MR) is 123 cm³/mol. The van der Waals surface area contributed by atoms with Crippen molar-refractivity contribution in [2.24, 2.45) is 0 Å². The van der Waals surface area contributed by atoms with E-state index in [4.69, 9.17) is 26.8 Å². The Morgan fingerprint density at radius 3 is 2.68 bits per heavy atom. The van der Waals surface area contributed by atoms with Crippen molar-refractivity contribution in [3.05, 3.63) is 65.1 Å².